The van der Waals surface area contributed by atoms with Gasteiger partial charge in [-0.3, -0.25) is 19.4 Å². The van der Waals surface area contributed by atoms with Crippen molar-refractivity contribution in [2.24, 2.45) is 17.8 Å². The van der Waals surface area contributed by atoms with Crippen LogP contribution in [0.2, 0.25) is 0 Å². The van der Waals surface area contributed by atoms with Crippen LogP contribution in [0.3, 0.4) is 0 Å². The summed E-state index contributed by atoms with van der Waals surface area (Å²) in [6.07, 6.45) is 13.8. The number of aryl methyl sites for hydroxylation is 3. The Morgan fingerprint density at radius 1 is 1.04 bits per heavy atom. The lowest BCUT2D eigenvalue weighted by atomic mass is 9.66. The number of pyridine rings is 1. The molecule has 3 heterocycles. The fourth-order valence-electron chi connectivity index (χ4n) is 7.46. The summed E-state index contributed by atoms with van der Waals surface area (Å²) < 4.78 is 40.5. The van der Waals surface area contributed by atoms with Gasteiger partial charge in [0.05, 0.1) is 18.0 Å². The van der Waals surface area contributed by atoms with Gasteiger partial charge in [0.15, 0.2) is 0 Å². The average molecular weight is 656 g/mol. The number of nitrogens with one attached hydrogen (secondary N) is 3. The Hall–Kier alpha value is -3.61. The summed E-state index contributed by atoms with van der Waals surface area (Å²) in [5.74, 6) is -1.36. The van der Waals surface area contributed by atoms with Crippen molar-refractivity contribution in [3.05, 3.63) is 47.4 Å². The number of anilines is 1. The van der Waals surface area contributed by atoms with E-state index in [0.29, 0.717) is 17.5 Å². The summed E-state index contributed by atoms with van der Waals surface area (Å²) in [4.78, 5) is 32.2. The first kappa shape index (κ1) is 33.7. The number of carbonyl (C=O) groups is 2. The van der Waals surface area contributed by atoms with Crippen molar-refractivity contribution in [2.45, 2.75) is 97.1 Å². The van der Waals surface area contributed by atoms with E-state index in [1.165, 1.54) is 16.9 Å². The number of sulfone groups is 1. The predicted molar refractivity (Wildman–Crippen MR) is 174 cm³/mol. The summed E-state index contributed by atoms with van der Waals surface area (Å²) in [6, 6.07) is 3.81. The number of halogens is 1. The zero-order valence-electron chi connectivity index (χ0n) is 27.0. The minimum Gasteiger partial charge on any atom is -0.339 e. The van der Waals surface area contributed by atoms with Crippen LogP contribution in [0.25, 0.3) is 11.1 Å². The molecular formula is C33H46FN7O4S. The van der Waals surface area contributed by atoms with Crippen LogP contribution in [0.15, 0.2) is 24.4 Å². The van der Waals surface area contributed by atoms with Gasteiger partial charge < -0.3 is 10.6 Å². The van der Waals surface area contributed by atoms with Crippen LogP contribution in [-0.2, 0) is 27.6 Å². The van der Waals surface area contributed by atoms with Crippen molar-refractivity contribution in [1.82, 2.24) is 30.3 Å². The predicted octanol–water partition coefficient (Wildman–Crippen LogP) is 5.24. The van der Waals surface area contributed by atoms with Gasteiger partial charge in [0.25, 0.3) is 5.91 Å². The van der Waals surface area contributed by atoms with Gasteiger partial charge in [0, 0.05) is 29.3 Å². The molecule has 2 aliphatic carbocycles. The molecular weight excluding hydrogens is 609 g/mol. The van der Waals surface area contributed by atoms with Gasteiger partial charge in [-0.1, -0.05) is 71.1 Å². The summed E-state index contributed by atoms with van der Waals surface area (Å²) in [7, 11) is -3.28. The van der Waals surface area contributed by atoms with Gasteiger partial charge in [0.2, 0.25) is 11.9 Å². The van der Waals surface area contributed by atoms with Crippen LogP contribution in [-0.4, -0.2) is 63.2 Å². The second-order valence-corrected chi connectivity index (χ2v) is 15.2. The third kappa shape index (κ3) is 8.02. The molecule has 2 fully saturated rings. The molecule has 0 bridgehead atoms. The number of hydrogen-bond donors (Lipinski definition) is 3. The maximum absolute atomic E-state index is 15.5. The Morgan fingerprint density at radius 2 is 1.70 bits per heavy atom. The minimum absolute atomic E-state index is 0.0194. The third-order valence-corrected chi connectivity index (χ3v) is 10.6. The van der Waals surface area contributed by atoms with E-state index in [1.807, 2.05) is 13.8 Å². The molecule has 3 aromatic rings. The summed E-state index contributed by atoms with van der Waals surface area (Å²) in [5.41, 5.74) is 2.61. The molecule has 3 aromatic heterocycles. The summed E-state index contributed by atoms with van der Waals surface area (Å²) >= 11 is 0. The molecule has 11 nitrogen and oxygen atoms in total. The van der Waals surface area contributed by atoms with E-state index >= 15 is 4.39 Å². The monoisotopic (exact) mass is 655 g/mol. The van der Waals surface area contributed by atoms with Crippen molar-refractivity contribution in [3.63, 3.8) is 0 Å². The number of aromatic amines is 1. The molecule has 2 amide bonds. The Balaban J connectivity index is 1.45. The van der Waals surface area contributed by atoms with Crippen molar-refractivity contribution in [3.8, 4) is 11.1 Å². The van der Waals surface area contributed by atoms with Crippen molar-refractivity contribution in [1.29, 1.82) is 0 Å². The van der Waals surface area contributed by atoms with Crippen LogP contribution in [0.1, 0.15) is 93.0 Å². The Morgan fingerprint density at radius 3 is 2.28 bits per heavy atom. The molecule has 0 aromatic carbocycles. The van der Waals surface area contributed by atoms with Crippen LogP contribution >= 0.6 is 0 Å². The highest BCUT2D eigenvalue weighted by molar-refractivity contribution is 7.90. The van der Waals surface area contributed by atoms with E-state index in [0.717, 1.165) is 81.9 Å². The van der Waals surface area contributed by atoms with E-state index in [4.69, 9.17) is 0 Å². The second-order valence-electron chi connectivity index (χ2n) is 12.9. The molecule has 0 aliphatic heterocycles. The van der Waals surface area contributed by atoms with Gasteiger partial charge >= 0.3 is 0 Å². The molecule has 1 atom stereocenters. The normalized spacial score (nSPS) is 17.2. The molecule has 0 radical (unpaired) electrons. The number of aromatic nitrogens is 5. The number of H-pyrrole nitrogens is 1. The molecule has 2 aliphatic rings. The van der Waals surface area contributed by atoms with E-state index in [2.05, 4.69) is 30.9 Å². The highest BCUT2D eigenvalue weighted by Gasteiger charge is 2.41. The van der Waals surface area contributed by atoms with Gasteiger partial charge in [-0.05, 0) is 49.3 Å². The second kappa shape index (κ2) is 14.9. The zero-order valence-corrected chi connectivity index (χ0v) is 27.8. The zero-order chi connectivity index (χ0) is 32.8. The lowest BCUT2D eigenvalue weighted by Crippen LogP contribution is -2.53. The van der Waals surface area contributed by atoms with Gasteiger partial charge in [-0.25, -0.2) is 13.4 Å². The first-order valence-corrected chi connectivity index (χ1v) is 18.6. The first-order valence-electron chi connectivity index (χ1n) is 16.6. The quantitative estimate of drug-likeness (QED) is 0.226. The topological polar surface area (TPSA) is 152 Å². The number of carbonyl (C=O) groups excluding carboxylic acids is 2. The Bertz CT molecular complexity index is 1610. The van der Waals surface area contributed by atoms with Crippen LogP contribution in [0, 0.1) is 30.6 Å². The maximum Gasteiger partial charge on any atom is 0.270 e. The highest BCUT2D eigenvalue weighted by Crippen LogP contribution is 2.42. The number of nitrogens with zero attached hydrogens (tertiary/aromatic N) is 4. The highest BCUT2D eigenvalue weighted by atomic mass is 32.2. The standard InChI is InChI=1S/C33H46FN7O4S/c1-4-25-28(21(2)39-40-25)24-15-16-27(36-31(24)34)37-33(43)30(29(22-11-7-5-8-12-22)23-13-9-6-10-14-23)38-32(42)26-17-18-35-41(26)19-20-46(3,44)45/h15-18,22-23,29-30H,4-14,19-20H2,1-3H3,(H,38,42)(H,39,40)(H,36,37,43)/t30-/m0/s1. The summed E-state index contributed by atoms with van der Waals surface area (Å²) in [6.45, 7) is 3.79. The van der Waals surface area contributed by atoms with Gasteiger partial charge in [-0.2, -0.15) is 14.6 Å². The molecule has 0 unspecified atom stereocenters. The third-order valence-electron chi connectivity index (χ3n) is 9.69. The van der Waals surface area contributed by atoms with Gasteiger partial charge in [-0.15, -0.1) is 0 Å². The summed E-state index contributed by atoms with van der Waals surface area (Å²) in [5, 5.41) is 17.2. The van der Waals surface area contributed by atoms with Crippen LogP contribution in [0.4, 0.5) is 10.2 Å². The van der Waals surface area contributed by atoms with Crippen LogP contribution in [0.5, 0.6) is 0 Å². The molecule has 2 saturated carbocycles. The number of hydrogen-bond acceptors (Lipinski definition) is 7. The van der Waals surface area contributed by atoms with Crippen molar-refractivity contribution in [2.75, 3.05) is 17.3 Å². The van der Waals surface area contributed by atoms with Crippen LogP contribution < -0.4 is 10.6 Å². The molecule has 250 valence electrons. The average Bonchev–Trinajstić information content (AvgIpc) is 3.67. The van der Waals surface area contributed by atoms with E-state index in [1.54, 1.807) is 12.1 Å². The lowest BCUT2D eigenvalue weighted by Gasteiger charge is -2.41. The fourth-order valence-corrected chi connectivity index (χ4v) is 7.97. The fraction of sp³-hybridized carbons (Fsp3) is 0.606. The molecule has 46 heavy (non-hydrogen) atoms. The maximum atomic E-state index is 15.5. The Labute approximate surface area is 270 Å². The molecule has 3 N–H and O–H groups in total. The number of amides is 2. The van der Waals surface area contributed by atoms with E-state index < -0.39 is 33.6 Å². The van der Waals surface area contributed by atoms with Crippen molar-refractivity contribution >= 4 is 27.5 Å². The molecule has 13 heteroatoms. The molecule has 0 spiro atoms. The largest absolute Gasteiger partial charge is 0.339 e. The molecule has 5 rings (SSSR count). The Kier molecular flexibility index (Phi) is 10.9. The smallest absolute Gasteiger partial charge is 0.270 e. The SMILES string of the molecule is CCc1n[nH]c(C)c1-c1ccc(NC(=O)[C@@H](NC(=O)c2ccnn2CCS(C)(=O)=O)C(C2CCCCC2)C2CCCCC2)nc1F. The number of rotatable bonds is 12. The van der Waals surface area contributed by atoms with E-state index in [9.17, 15) is 18.0 Å². The van der Waals surface area contributed by atoms with Crippen molar-refractivity contribution < 1.29 is 22.4 Å². The van der Waals surface area contributed by atoms with E-state index in [-0.39, 0.29) is 41.6 Å². The lowest BCUT2D eigenvalue weighted by molar-refractivity contribution is -0.121. The van der Waals surface area contributed by atoms with Gasteiger partial charge in [0.1, 0.15) is 27.4 Å². The minimum atomic E-state index is -3.28. The first-order chi connectivity index (χ1) is 22.1. The molecule has 0 saturated heterocycles.